The predicted molar refractivity (Wildman–Crippen MR) is 99.7 cm³/mol. The molecule has 6 nitrogen and oxygen atoms in total. The Bertz CT molecular complexity index is 926. The van der Waals surface area contributed by atoms with Gasteiger partial charge in [-0.2, -0.15) is 18.4 Å². The van der Waals surface area contributed by atoms with E-state index in [1.54, 1.807) is 31.2 Å². The van der Waals surface area contributed by atoms with Crippen LogP contribution in [0.1, 0.15) is 19.4 Å². The fourth-order valence-electron chi connectivity index (χ4n) is 1.92. The molecule has 0 atom stereocenters. The van der Waals surface area contributed by atoms with Crippen LogP contribution in [0.5, 0.6) is 0 Å². The molecule has 1 amide bonds. The Morgan fingerprint density at radius 2 is 1.68 bits per heavy atom. The van der Waals surface area contributed by atoms with E-state index in [0.29, 0.717) is 17.0 Å². The predicted octanol–water partition coefficient (Wildman–Crippen LogP) is 3.65. The Labute approximate surface area is 155 Å². The molecule has 25 heavy (non-hydrogen) atoms. The first-order valence-corrected chi connectivity index (χ1v) is 9.32. The van der Waals surface area contributed by atoms with Crippen LogP contribution in [0, 0.1) is 0 Å². The van der Waals surface area contributed by atoms with E-state index in [-0.39, 0.29) is 20.8 Å². The molecular weight excluding hydrogens is 385 g/mol. The molecule has 2 aromatic rings. The third-order valence-electron chi connectivity index (χ3n) is 3.14. The third kappa shape index (κ3) is 5.19. The van der Waals surface area contributed by atoms with Gasteiger partial charge in [-0.05, 0) is 42.8 Å². The van der Waals surface area contributed by atoms with Gasteiger partial charge in [-0.25, -0.2) is 0 Å². The first kappa shape index (κ1) is 19.2. The summed E-state index contributed by atoms with van der Waals surface area (Å²) < 4.78 is 24.6. The second-order valence-electron chi connectivity index (χ2n) is 5.13. The first-order chi connectivity index (χ1) is 11.7. The number of carbonyl (C=O) groups excluding carboxylic acids is 1. The molecule has 0 aliphatic heterocycles. The third-order valence-corrected chi connectivity index (χ3v) is 5.06. The van der Waals surface area contributed by atoms with Crippen molar-refractivity contribution in [1.29, 1.82) is 0 Å². The van der Waals surface area contributed by atoms with Gasteiger partial charge in [0.25, 0.3) is 10.0 Å². The summed E-state index contributed by atoms with van der Waals surface area (Å²) >= 11 is 11.7. The number of sulfonamides is 1. The Morgan fingerprint density at radius 3 is 2.28 bits per heavy atom. The molecule has 0 aliphatic rings. The van der Waals surface area contributed by atoms with Crippen molar-refractivity contribution in [3.8, 4) is 0 Å². The fraction of sp³-hybridized carbons (Fsp3) is 0.125. The average molecular weight is 400 g/mol. The fourth-order valence-corrected chi connectivity index (χ4v) is 3.54. The quantitative estimate of drug-likeness (QED) is 0.593. The van der Waals surface area contributed by atoms with Crippen molar-refractivity contribution in [2.45, 2.75) is 18.7 Å². The Hall–Kier alpha value is -2.09. The van der Waals surface area contributed by atoms with Gasteiger partial charge < -0.3 is 5.32 Å². The summed E-state index contributed by atoms with van der Waals surface area (Å²) in [7, 11) is -3.95. The number of amides is 1. The Kier molecular flexibility index (Phi) is 6.05. The molecule has 0 radical (unpaired) electrons. The highest BCUT2D eigenvalue weighted by molar-refractivity contribution is 7.89. The monoisotopic (exact) mass is 399 g/mol. The van der Waals surface area contributed by atoms with Crippen LogP contribution < -0.4 is 10.1 Å². The standard InChI is InChI=1S/C16H15Cl2N3O3S/c1-10(12-3-6-14(7-4-12)19-11(2)22)20-21-25(23,24)16-9-13(17)5-8-15(16)18/h3-9,21H,1-2H3,(H,19,22). The van der Waals surface area contributed by atoms with Gasteiger partial charge in [0.1, 0.15) is 4.90 Å². The lowest BCUT2D eigenvalue weighted by Gasteiger charge is -2.08. The van der Waals surface area contributed by atoms with Gasteiger partial charge >= 0.3 is 0 Å². The lowest BCUT2D eigenvalue weighted by molar-refractivity contribution is -0.114. The number of nitrogens with zero attached hydrogens (tertiary/aromatic N) is 1. The van der Waals surface area contributed by atoms with E-state index in [0.717, 1.165) is 0 Å². The van der Waals surface area contributed by atoms with Gasteiger partial charge in [-0.15, -0.1) is 0 Å². The van der Waals surface area contributed by atoms with Crippen LogP contribution in [-0.2, 0) is 14.8 Å². The van der Waals surface area contributed by atoms with Gasteiger partial charge in [0.15, 0.2) is 0 Å². The maximum Gasteiger partial charge on any atom is 0.278 e. The minimum atomic E-state index is -3.95. The second kappa shape index (κ2) is 7.86. The van der Waals surface area contributed by atoms with Crippen molar-refractivity contribution >= 4 is 50.5 Å². The number of carbonyl (C=O) groups is 1. The van der Waals surface area contributed by atoms with E-state index in [9.17, 15) is 13.2 Å². The molecule has 0 aliphatic carbocycles. The molecule has 132 valence electrons. The molecule has 0 saturated carbocycles. The number of benzene rings is 2. The molecule has 2 N–H and O–H groups in total. The van der Waals surface area contributed by atoms with Crippen LogP contribution in [0.4, 0.5) is 5.69 Å². The molecule has 0 saturated heterocycles. The highest BCUT2D eigenvalue weighted by Crippen LogP contribution is 2.24. The van der Waals surface area contributed by atoms with E-state index in [4.69, 9.17) is 23.2 Å². The van der Waals surface area contributed by atoms with E-state index in [1.165, 1.54) is 25.1 Å². The van der Waals surface area contributed by atoms with Gasteiger partial charge in [0.2, 0.25) is 5.91 Å². The number of hydrogen-bond donors (Lipinski definition) is 2. The SMILES string of the molecule is CC(=O)Nc1ccc(C(C)=NNS(=O)(=O)c2cc(Cl)ccc2Cl)cc1. The van der Waals surface area contributed by atoms with Crippen LogP contribution in [-0.4, -0.2) is 20.0 Å². The van der Waals surface area contributed by atoms with Crippen LogP contribution in [0.3, 0.4) is 0 Å². The largest absolute Gasteiger partial charge is 0.326 e. The first-order valence-electron chi connectivity index (χ1n) is 7.08. The lowest BCUT2D eigenvalue weighted by Crippen LogP contribution is -2.20. The zero-order chi connectivity index (χ0) is 18.6. The number of hydrogen-bond acceptors (Lipinski definition) is 4. The van der Waals surface area contributed by atoms with Gasteiger partial charge in [-0.3, -0.25) is 4.79 Å². The molecular formula is C16H15Cl2N3O3S. The molecule has 2 rings (SSSR count). The summed E-state index contributed by atoms with van der Waals surface area (Å²) in [5.74, 6) is -0.177. The number of hydrazone groups is 1. The molecule has 0 bridgehead atoms. The van der Waals surface area contributed by atoms with E-state index in [1.807, 2.05) is 0 Å². The van der Waals surface area contributed by atoms with Gasteiger partial charge in [-0.1, -0.05) is 35.3 Å². The minimum Gasteiger partial charge on any atom is -0.326 e. The van der Waals surface area contributed by atoms with Crippen LogP contribution in [0.25, 0.3) is 0 Å². The zero-order valence-corrected chi connectivity index (χ0v) is 15.7. The summed E-state index contributed by atoms with van der Waals surface area (Å²) in [6.45, 7) is 3.06. The van der Waals surface area contributed by atoms with Crippen molar-refractivity contribution in [1.82, 2.24) is 4.83 Å². The van der Waals surface area contributed by atoms with Crippen molar-refractivity contribution in [2.24, 2.45) is 5.10 Å². The van der Waals surface area contributed by atoms with Gasteiger partial charge in [0.05, 0.1) is 10.7 Å². The number of nitrogens with one attached hydrogen (secondary N) is 2. The topological polar surface area (TPSA) is 87.6 Å². The summed E-state index contributed by atoms with van der Waals surface area (Å²) in [4.78, 5) is 13.0. The van der Waals surface area contributed by atoms with E-state index >= 15 is 0 Å². The summed E-state index contributed by atoms with van der Waals surface area (Å²) in [6.07, 6.45) is 0. The molecule has 2 aromatic carbocycles. The number of halogens is 2. The Morgan fingerprint density at radius 1 is 1.04 bits per heavy atom. The normalized spacial score (nSPS) is 11.9. The van der Waals surface area contributed by atoms with E-state index in [2.05, 4.69) is 15.2 Å². The highest BCUT2D eigenvalue weighted by atomic mass is 35.5. The highest BCUT2D eigenvalue weighted by Gasteiger charge is 2.18. The molecule has 0 fully saturated rings. The van der Waals surface area contributed by atoms with Gasteiger partial charge in [0, 0.05) is 17.6 Å². The van der Waals surface area contributed by atoms with Crippen molar-refractivity contribution < 1.29 is 13.2 Å². The molecule has 9 heteroatoms. The molecule has 0 aromatic heterocycles. The second-order valence-corrected chi connectivity index (χ2v) is 7.60. The zero-order valence-electron chi connectivity index (χ0n) is 13.4. The number of rotatable bonds is 5. The Balaban J connectivity index is 2.19. The molecule has 0 spiro atoms. The summed E-state index contributed by atoms with van der Waals surface area (Å²) in [5.41, 5.74) is 1.76. The summed E-state index contributed by atoms with van der Waals surface area (Å²) in [5, 5.41) is 6.83. The number of anilines is 1. The smallest absolute Gasteiger partial charge is 0.278 e. The average Bonchev–Trinajstić information content (AvgIpc) is 2.55. The van der Waals surface area contributed by atoms with Crippen molar-refractivity contribution in [3.05, 3.63) is 58.1 Å². The lowest BCUT2D eigenvalue weighted by atomic mass is 10.1. The molecule has 0 heterocycles. The minimum absolute atomic E-state index is 0.0458. The van der Waals surface area contributed by atoms with Crippen LogP contribution in [0.15, 0.2) is 52.5 Å². The molecule has 0 unspecified atom stereocenters. The summed E-state index contributed by atoms with van der Waals surface area (Å²) in [6, 6.07) is 11.0. The maximum atomic E-state index is 12.3. The van der Waals surface area contributed by atoms with Crippen molar-refractivity contribution in [2.75, 3.05) is 5.32 Å². The van der Waals surface area contributed by atoms with E-state index < -0.39 is 10.0 Å². The van der Waals surface area contributed by atoms with Crippen LogP contribution in [0.2, 0.25) is 10.0 Å². The maximum absolute atomic E-state index is 12.3. The van der Waals surface area contributed by atoms with Crippen molar-refractivity contribution in [3.63, 3.8) is 0 Å². The van der Waals surface area contributed by atoms with Crippen LogP contribution >= 0.6 is 23.2 Å².